The third kappa shape index (κ3) is 3.25. The van der Waals surface area contributed by atoms with Crippen LogP contribution in [0, 0.1) is 5.92 Å². The van der Waals surface area contributed by atoms with Crippen molar-refractivity contribution in [2.75, 3.05) is 14.1 Å². The van der Waals surface area contributed by atoms with Gasteiger partial charge in [0.2, 0.25) is 0 Å². The van der Waals surface area contributed by atoms with Gasteiger partial charge < -0.3 is 0 Å². The summed E-state index contributed by atoms with van der Waals surface area (Å²) in [5.74, 6) is 3.14. The molecular weight excluding hydrogens is 125 g/mol. The van der Waals surface area contributed by atoms with E-state index < -0.39 is 0 Å². The Morgan fingerprint density at radius 3 is 1.67 bits per heavy atom. The zero-order valence-corrected chi connectivity index (χ0v) is 8.33. The molecule has 0 heterocycles. The van der Waals surface area contributed by atoms with Crippen LogP contribution in [-0.2, 0) is 0 Å². The number of hydrogen-bond donors (Lipinski definition) is 0. The van der Waals surface area contributed by atoms with Crippen molar-refractivity contribution in [1.82, 2.24) is 4.90 Å². The summed E-state index contributed by atoms with van der Waals surface area (Å²) < 4.78 is 0. The van der Waals surface area contributed by atoms with Crippen LogP contribution >= 0.6 is 0 Å². The Kier molecular flexibility index (Phi) is 4.57. The van der Waals surface area contributed by atoms with Gasteiger partial charge in [0.05, 0.1) is 0 Å². The van der Waals surface area contributed by atoms with E-state index in [1.807, 2.05) is 0 Å². The molecule has 0 aromatic rings. The predicted octanol–water partition coefficient (Wildman–Crippen LogP) is 1.28. The van der Waals surface area contributed by atoms with E-state index in [0.29, 0.717) is 15.2 Å². The summed E-state index contributed by atoms with van der Waals surface area (Å²) in [7, 11) is 4.34. The molecule has 0 radical (unpaired) electrons. The van der Waals surface area contributed by atoms with Crippen molar-refractivity contribution in [3.63, 3.8) is 0 Å². The van der Waals surface area contributed by atoms with Gasteiger partial charge in [0.15, 0.2) is 0 Å². The molecule has 9 heavy (non-hydrogen) atoms. The van der Waals surface area contributed by atoms with Crippen LogP contribution in [0.4, 0.5) is 0 Å². The monoisotopic (exact) mass is 142 g/mol. The maximum atomic E-state index is 2.33. The Bertz CT molecular complexity index is 63.3. The van der Waals surface area contributed by atoms with Gasteiger partial charge in [-0.1, -0.05) is 0 Å². The molecule has 1 atom stereocenters. The molecule has 0 aromatic heterocycles. The Morgan fingerprint density at radius 2 is 1.67 bits per heavy atom. The van der Waals surface area contributed by atoms with Crippen molar-refractivity contribution in [2.45, 2.75) is 24.5 Å². The molecule has 0 saturated heterocycles. The second-order valence-corrected chi connectivity index (χ2v) is 4.38. The second-order valence-electron chi connectivity index (χ2n) is 3.03. The zero-order valence-electron chi connectivity index (χ0n) is 7.18. The van der Waals surface area contributed by atoms with Gasteiger partial charge in [0.1, 0.15) is 0 Å². The molecule has 0 N–H and O–H groups in total. The fraction of sp³-hybridized carbons (Fsp3) is 1.00. The summed E-state index contributed by atoms with van der Waals surface area (Å²) in [6.07, 6.45) is 0. The van der Waals surface area contributed by atoms with E-state index >= 15 is 0 Å². The van der Waals surface area contributed by atoms with Crippen LogP contribution < -0.4 is 0 Å². The van der Waals surface area contributed by atoms with Gasteiger partial charge >= 0.3 is 64.7 Å². The molecule has 0 amide bonds. The zero-order chi connectivity index (χ0) is 7.44. The molecule has 0 spiro atoms. The Balaban J connectivity index is 3.68. The fourth-order valence-corrected chi connectivity index (χ4v) is 2.65. The van der Waals surface area contributed by atoms with Crippen LogP contribution in [0.15, 0.2) is 0 Å². The van der Waals surface area contributed by atoms with Crippen molar-refractivity contribution in [2.24, 2.45) is 5.92 Å². The molecular formula is C7H17AlN+. The van der Waals surface area contributed by atoms with E-state index in [4.69, 9.17) is 0 Å². The molecule has 0 aliphatic carbocycles. The minimum atomic E-state index is 0.597. The standard InChI is InChI=1S/C6H14N.CH3.Al/c1-6(2)5-7(3)4;;/h5-6H,1-4H3;1H3;/q;;+1. The van der Waals surface area contributed by atoms with E-state index in [2.05, 4.69) is 38.6 Å². The van der Waals surface area contributed by atoms with Crippen molar-refractivity contribution in [3.8, 4) is 0 Å². The second kappa shape index (κ2) is 4.33. The summed E-state index contributed by atoms with van der Waals surface area (Å²) in [4.78, 5) is 3.17. The SMILES string of the molecule is [CH3][Al+][CH](C(C)C)N(C)C. The molecule has 2 heteroatoms. The van der Waals surface area contributed by atoms with Crippen molar-refractivity contribution >= 4 is 15.2 Å². The summed E-state index contributed by atoms with van der Waals surface area (Å²) in [5, 5.41) is 0. The molecule has 1 unspecified atom stereocenters. The van der Waals surface area contributed by atoms with Gasteiger partial charge in [0, 0.05) is 0 Å². The molecule has 1 nitrogen and oxygen atoms in total. The topological polar surface area (TPSA) is 3.24 Å². The van der Waals surface area contributed by atoms with Crippen LogP contribution in [0.2, 0.25) is 5.79 Å². The molecule has 52 valence electrons. The van der Waals surface area contributed by atoms with Gasteiger partial charge in [-0.3, -0.25) is 0 Å². The van der Waals surface area contributed by atoms with Crippen molar-refractivity contribution in [1.29, 1.82) is 0 Å². The fourth-order valence-electron chi connectivity index (χ4n) is 1.28. The predicted molar refractivity (Wildman–Crippen MR) is 43.9 cm³/mol. The molecule has 0 aliphatic heterocycles. The van der Waals surface area contributed by atoms with Crippen LogP contribution in [-0.4, -0.2) is 39.1 Å². The molecule has 0 bridgehead atoms. The van der Waals surface area contributed by atoms with Crippen molar-refractivity contribution in [3.05, 3.63) is 0 Å². The normalized spacial score (nSPS) is 14.1. The molecule has 0 aliphatic rings. The summed E-state index contributed by atoms with van der Waals surface area (Å²) in [5.41, 5.74) is 0. The average molecular weight is 142 g/mol. The Labute approximate surface area is 65.1 Å². The Hall–Kier alpha value is 0.492. The first-order valence-electron chi connectivity index (χ1n) is 3.55. The third-order valence-electron chi connectivity index (χ3n) is 1.62. The van der Waals surface area contributed by atoms with Crippen molar-refractivity contribution < 1.29 is 0 Å². The van der Waals surface area contributed by atoms with E-state index in [9.17, 15) is 0 Å². The van der Waals surface area contributed by atoms with Gasteiger partial charge in [0.25, 0.3) is 0 Å². The van der Waals surface area contributed by atoms with Crippen LogP contribution in [0.3, 0.4) is 0 Å². The summed E-state index contributed by atoms with van der Waals surface area (Å²) >= 11 is 0.597. The molecule has 0 rings (SSSR count). The number of rotatable bonds is 3. The van der Waals surface area contributed by atoms with Gasteiger partial charge in [-0.05, 0) is 0 Å². The third-order valence-corrected chi connectivity index (χ3v) is 3.67. The summed E-state index contributed by atoms with van der Waals surface area (Å²) in [6, 6.07) is 0. The minimum absolute atomic E-state index is 0.597. The quantitative estimate of drug-likeness (QED) is 0.536. The van der Waals surface area contributed by atoms with Gasteiger partial charge in [-0.2, -0.15) is 0 Å². The molecule has 0 aromatic carbocycles. The number of nitrogens with zero attached hydrogens (tertiary/aromatic N) is 1. The average Bonchev–Trinajstić information content (AvgIpc) is 1.64. The molecule has 0 saturated carbocycles. The van der Waals surface area contributed by atoms with Crippen LogP contribution in [0.25, 0.3) is 0 Å². The number of hydrogen-bond acceptors (Lipinski definition) is 1. The van der Waals surface area contributed by atoms with Gasteiger partial charge in [-0.15, -0.1) is 0 Å². The van der Waals surface area contributed by atoms with E-state index in [0.717, 1.165) is 10.8 Å². The molecule has 0 fully saturated rings. The van der Waals surface area contributed by atoms with Gasteiger partial charge in [-0.25, -0.2) is 0 Å². The first-order valence-corrected chi connectivity index (χ1v) is 5.37. The van der Waals surface area contributed by atoms with E-state index in [1.165, 1.54) is 0 Å². The van der Waals surface area contributed by atoms with Crippen LogP contribution in [0.5, 0.6) is 0 Å². The maximum absolute atomic E-state index is 2.33. The first-order chi connectivity index (χ1) is 4.09. The van der Waals surface area contributed by atoms with E-state index in [1.54, 1.807) is 0 Å². The van der Waals surface area contributed by atoms with Crippen LogP contribution in [0.1, 0.15) is 13.8 Å². The first kappa shape index (κ1) is 9.49. The van der Waals surface area contributed by atoms with E-state index in [-0.39, 0.29) is 0 Å². The summed E-state index contributed by atoms with van der Waals surface area (Å²) in [6.45, 7) is 4.59. The Morgan fingerprint density at radius 1 is 1.22 bits per heavy atom.